The Balaban J connectivity index is 2.17. The molecular weight excluding hydrogens is 269 g/mol. The molecule has 0 unspecified atom stereocenters. The van der Waals surface area contributed by atoms with Gasteiger partial charge in [0.25, 0.3) is 5.91 Å². The number of nitrogens with zero attached hydrogens (tertiary/aromatic N) is 2. The zero-order valence-electron chi connectivity index (χ0n) is 12.6. The summed E-state index contributed by atoms with van der Waals surface area (Å²) in [6.45, 7) is 6.60. The monoisotopic (exact) mass is 289 g/mol. The second kappa shape index (κ2) is 6.52. The third-order valence-electron chi connectivity index (χ3n) is 3.34. The van der Waals surface area contributed by atoms with E-state index in [0.29, 0.717) is 29.4 Å². The molecule has 2 rings (SSSR count). The normalized spacial score (nSPS) is 10.9. The first-order chi connectivity index (χ1) is 10.0. The Bertz CT molecular complexity index is 634. The van der Waals surface area contributed by atoms with E-state index in [9.17, 15) is 9.18 Å². The lowest BCUT2D eigenvalue weighted by molar-refractivity contribution is 0.0951. The molecule has 1 aromatic heterocycles. The van der Waals surface area contributed by atoms with Crippen molar-refractivity contribution in [2.75, 3.05) is 6.54 Å². The van der Waals surface area contributed by atoms with Crippen molar-refractivity contribution in [2.45, 2.75) is 27.2 Å². The topological polar surface area (TPSA) is 46.9 Å². The molecule has 0 spiro atoms. The van der Waals surface area contributed by atoms with Crippen LogP contribution >= 0.6 is 0 Å². The lowest BCUT2D eigenvalue weighted by Crippen LogP contribution is -2.25. The fraction of sp³-hybridized carbons (Fsp3) is 0.375. The van der Waals surface area contributed by atoms with Gasteiger partial charge in [0.2, 0.25) is 0 Å². The number of carbonyl (C=O) groups excluding carboxylic acids is 1. The van der Waals surface area contributed by atoms with E-state index in [2.05, 4.69) is 24.3 Å². The number of halogens is 1. The first-order valence-electron chi connectivity index (χ1n) is 7.08. The molecule has 1 aromatic carbocycles. The molecule has 0 aliphatic rings. The second-order valence-electron chi connectivity index (χ2n) is 5.45. The van der Waals surface area contributed by atoms with Crippen LogP contribution in [0.25, 0.3) is 5.69 Å². The van der Waals surface area contributed by atoms with E-state index in [0.717, 1.165) is 6.42 Å². The minimum absolute atomic E-state index is 0.171. The Hall–Kier alpha value is -2.17. The minimum Gasteiger partial charge on any atom is -0.352 e. The number of carbonyl (C=O) groups is 1. The number of hydrogen-bond acceptors (Lipinski definition) is 2. The highest BCUT2D eigenvalue weighted by molar-refractivity contribution is 5.95. The van der Waals surface area contributed by atoms with Crippen molar-refractivity contribution in [3.8, 4) is 5.69 Å². The molecule has 0 aliphatic heterocycles. The van der Waals surface area contributed by atoms with Crippen LogP contribution in [0.2, 0.25) is 0 Å². The first-order valence-corrected chi connectivity index (χ1v) is 7.08. The van der Waals surface area contributed by atoms with Gasteiger partial charge >= 0.3 is 0 Å². The average Bonchev–Trinajstić information content (AvgIpc) is 2.80. The van der Waals surface area contributed by atoms with Crippen LogP contribution in [-0.4, -0.2) is 22.2 Å². The molecule has 112 valence electrons. The summed E-state index contributed by atoms with van der Waals surface area (Å²) in [5.74, 6) is -0.00117. The Morgan fingerprint density at radius 1 is 1.38 bits per heavy atom. The number of para-hydroxylation sites is 1. The zero-order valence-corrected chi connectivity index (χ0v) is 12.6. The van der Waals surface area contributed by atoms with Crippen LogP contribution in [-0.2, 0) is 0 Å². The van der Waals surface area contributed by atoms with E-state index in [1.807, 2.05) is 0 Å². The lowest BCUT2D eigenvalue weighted by atomic mass is 10.1. The highest BCUT2D eigenvalue weighted by Crippen LogP contribution is 2.17. The Morgan fingerprint density at radius 3 is 2.76 bits per heavy atom. The van der Waals surface area contributed by atoms with Crippen LogP contribution in [0.3, 0.4) is 0 Å². The van der Waals surface area contributed by atoms with Crippen molar-refractivity contribution in [3.05, 3.63) is 47.5 Å². The predicted molar refractivity (Wildman–Crippen MR) is 80.0 cm³/mol. The van der Waals surface area contributed by atoms with Crippen LogP contribution in [0.15, 0.2) is 30.5 Å². The SMILES string of the molecule is Cc1c(C(=O)NCCC(C)C)cnn1-c1ccccc1F. The van der Waals surface area contributed by atoms with E-state index in [-0.39, 0.29) is 11.7 Å². The first kappa shape index (κ1) is 15.2. The predicted octanol–water partition coefficient (Wildman–Crippen LogP) is 3.10. The fourth-order valence-electron chi connectivity index (χ4n) is 2.07. The van der Waals surface area contributed by atoms with E-state index in [1.165, 1.54) is 16.9 Å². The highest BCUT2D eigenvalue weighted by atomic mass is 19.1. The molecule has 0 saturated carbocycles. The Labute approximate surface area is 124 Å². The van der Waals surface area contributed by atoms with Gasteiger partial charge in [-0.05, 0) is 31.4 Å². The largest absolute Gasteiger partial charge is 0.352 e. The zero-order chi connectivity index (χ0) is 15.4. The molecule has 0 radical (unpaired) electrons. The molecule has 0 fully saturated rings. The standard InChI is InChI=1S/C16H20FN3O/c1-11(2)8-9-18-16(21)13-10-19-20(12(13)3)15-7-5-4-6-14(15)17/h4-7,10-11H,8-9H2,1-3H3,(H,18,21). The Morgan fingerprint density at radius 2 is 2.10 bits per heavy atom. The quantitative estimate of drug-likeness (QED) is 0.919. The summed E-state index contributed by atoms with van der Waals surface area (Å²) in [6.07, 6.45) is 2.40. The van der Waals surface area contributed by atoms with Crippen LogP contribution in [0.1, 0.15) is 36.3 Å². The van der Waals surface area contributed by atoms with Crippen LogP contribution < -0.4 is 5.32 Å². The van der Waals surface area contributed by atoms with Crippen LogP contribution in [0.5, 0.6) is 0 Å². The molecule has 2 aromatic rings. The van der Waals surface area contributed by atoms with Crippen molar-refractivity contribution < 1.29 is 9.18 Å². The minimum atomic E-state index is -0.365. The average molecular weight is 289 g/mol. The summed E-state index contributed by atoms with van der Waals surface area (Å²) in [5, 5.41) is 6.99. The summed E-state index contributed by atoms with van der Waals surface area (Å²) in [7, 11) is 0. The summed E-state index contributed by atoms with van der Waals surface area (Å²) in [6, 6.07) is 6.37. The van der Waals surface area contributed by atoms with Crippen molar-refractivity contribution in [1.82, 2.24) is 15.1 Å². The second-order valence-corrected chi connectivity index (χ2v) is 5.45. The van der Waals surface area contributed by atoms with Gasteiger partial charge in [-0.1, -0.05) is 26.0 Å². The van der Waals surface area contributed by atoms with Gasteiger partial charge in [-0.25, -0.2) is 9.07 Å². The van der Waals surface area contributed by atoms with Gasteiger partial charge in [-0.3, -0.25) is 4.79 Å². The molecule has 1 heterocycles. The number of aromatic nitrogens is 2. The molecule has 21 heavy (non-hydrogen) atoms. The Kier molecular flexibility index (Phi) is 4.73. The number of hydrogen-bond donors (Lipinski definition) is 1. The van der Waals surface area contributed by atoms with Gasteiger partial charge in [0.05, 0.1) is 17.5 Å². The van der Waals surface area contributed by atoms with Gasteiger partial charge in [0.15, 0.2) is 0 Å². The maximum absolute atomic E-state index is 13.8. The van der Waals surface area contributed by atoms with E-state index >= 15 is 0 Å². The molecule has 1 amide bonds. The molecule has 5 heteroatoms. The molecule has 0 aliphatic carbocycles. The smallest absolute Gasteiger partial charge is 0.254 e. The van der Waals surface area contributed by atoms with Crippen LogP contribution in [0, 0.1) is 18.7 Å². The molecule has 4 nitrogen and oxygen atoms in total. The lowest BCUT2D eigenvalue weighted by Gasteiger charge is -2.08. The van der Waals surface area contributed by atoms with E-state index in [4.69, 9.17) is 0 Å². The van der Waals surface area contributed by atoms with Gasteiger partial charge in [-0.2, -0.15) is 5.10 Å². The summed E-state index contributed by atoms with van der Waals surface area (Å²) in [5.41, 5.74) is 1.44. The molecule has 0 atom stereocenters. The summed E-state index contributed by atoms with van der Waals surface area (Å²) in [4.78, 5) is 12.1. The number of rotatable bonds is 5. The number of nitrogens with one attached hydrogen (secondary N) is 1. The van der Waals surface area contributed by atoms with E-state index in [1.54, 1.807) is 25.1 Å². The molecular formula is C16H20FN3O. The summed E-state index contributed by atoms with van der Waals surface area (Å²) >= 11 is 0. The summed E-state index contributed by atoms with van der Waals surface area (Å²) < 4.78 is 15.2. The third-order valence-corrected chi connectivity index (χ3v) is 3.34. The van der Waals surface area contributed by atoms with Crippen molar-refractivity contribution in [2.24, 2.45) is 5.92 Å². The third kappa shape index (κ3) is 3.48. The molecule has 0 saturated heterocycles. The van der Waals surface area contributed by atoms with Gasteiger partial charge in [0, 0.05) is 6.54 Å². The van der Waals surface area contributed by atoms with E-state index < -0.39 is 0 Å². The maximum Gasteiger partial charge on any atom is 0.254 e. The number of benzene rings is 1. The highest BCUT2D eigenvalue weighted by Gasteiger charge is 2.16. The van der Waals surface area contributed by atoms with Gasteiger partial charge in [0.1, 0.15) is 11.5 Å². The van der Waals surface area contributed by atoms with Crippen molar-refractivity contribution >= 4 is 5.91 Å². The number of amides is 1. The van der Waals surface area contributed by atoms with Gasteiger partial charge < -0.3 is 5.32 Å². The van der Waals surface area contributed by atoms with Crippen molar-refractivity contribution in [1.29, 1.82) is 0 Å². The van der Waals surface area contributed by atoms with Crippen molar-refractivity contribution in [3.63, 3.8) is 0 Å². The maximum atomic E-state index is 13.8. The fourth-order valence-corrected chi connectivity index (χ4v) is 2.07. The van der Waals surface area contributed by atoms with Gasteiger partial charge in [-0.15, -0.1) is 0 Å². The molecule has 0 bridgehead atoms. The van der Waals surface area contributed by atoms with Crippen LogP contribution in [0.4, 0.5) is 4.39 Å². The molecule has 1 N–H and O–H groups in total.